The summed E-state index contributed by atoms with van der Waals surface area (Å²) in [5.41, 5.74) is -0.150. The van der Waals surface area contributed by atoms with E-state index in [4.69, 9.17) is 0 Å². The molecule has 0 N–H and O–H groups in total. The summed E-state index contributed by atoms with van der Waals surface area (Å²) >= 11 is 0. The Hall–Kier alpha value is -0.990. The van der Waals surface area contributed by atoms with Crippen molar-refractivity contribution in [3.63, 3.8) is 0 Å². The van der Waals surface area contributed by atoms with Crippen molar-refractivity contribution in [2.45, 2.75) is 47.0 Å². The van der Waals surface area contributed by atoms with Crippen molar-refractivity contribution in [3.05, 3.63) is 0 Å². The van der Waals surface area contributed by atoms with Crippen LogP contribution in [0.5, 0.6) is 0 Å². The van der Waals surface area contributed by atoms with Crippen molar-refractivity contribution in [1.29, 1.82) is 0 Å². The van der Waals surface area contributed by atoms with E-state index >= 15 is 0 Å². The normalized spacial score (nSPS) is 28.1. The molecule has 0 bridgehead atoms. The molecule has 1 saturated carbocycles. The van der Waals surface area contributed by atoms with E-state index in [1.165, 1.54) is 13.8 Å². The van der Waals surface area contributed by atoms with E-state index in [2.05, 4.69) is 0 Å². The molecule has 2 unspecified atom stereocenters. The van der Waals surface area contributed by atoms with Crippen LogP contribution in [0.1, 0.15) is 47.0 Å². The third kappa shape index (κ3) is 2.77. The van der Waals surface area contributed by atoms with Crippen LogP contribution in [0.15, 0.2) is 0 Å². The van der Waals surface area contributed by atoms with Gasteiger partial charge in [-0.05, 0) is 25.7 Å². The van der Waals surface area contributed by atoms with E-state index in [-0.39, 0.29) is 34.6 Å². The standard InChI is InChI=1S/C13H20O3/c1-8(14)5-10-7-13(3,4)11(12(10)16)6-9(2)15/h10-11H,5-7H2,1-4H3. The van der Waals surface area contributed by atoms with E-state index in [1.54, 1.807) is 0 Å². The van der Waals surface area contributed by atoms with Crippen molar-refractivity contribution < 1.29 is 14.4 Å². The van der Waals surface area contributed by atoms with Gasteiger partial charge in [0, 0.05) is 24.7 Å². The van der Waals surface area contributed by atoms with Crippen LogP contribution in [0.3, 0.4) is 0 Å². The lowest BCUT2D eigenvalue weighted by molar-refractivity contribution is -0.130. The van der Waals surface area contributed by atoms with E-state index < -0.39 is 0 Å². The molecule has 90 valence electrons. The van der Waals surface area contributed by atoms with Gasteiger partial charge in [0.1, 0.15) is 17.3 Å². The van der Waals surface area contributed by atoms with Gasteiger partial charge in [-0.25, -0.2) is 0 Å². The Bertz CT molecular complexity index is 328. The first-order chi connectivity index (χ1) is 7.24. The predicted octanol–water partition coefficient (Wildman–Crippen LogP) is 2.18. The Morgan fingerprint density at radius 3 is 2.12 bits per heavy atom. The van der Waals surface area contributed by atoms with Gasteiger partial charge in [-0.3, -0.25) is 4.79 Å². The summed E-state index contributed by atoms with van der Waals surface area (Å²) in [6.45, 7) is 7.05. The van der Waals surface area contributed by atoms with Gasteiger partial charge in [0.2, 0.25) is 0 Å². The number of carbonyl (C=O) groups excluding carboxylic acids is 3. The third-order valence-electron chi connectivity index (χ3n) is 3.49. The van der Waals surface area contributed by atoms with Gasteiger partial charge in [-0.2, -0.15) is 0 Å². The van der Waals surface area contributed by atoms with Crippen LogP contribution in [0.2, 0.25) is 0 Å². The molecule has 0 amide bonds. The fraction of sp³-hybridized carbons (Fsp3) is 0.769. The maximum absolute atomic E-state index is 12.1. The van der Waals surface area contributed by atoms with Gasteiger partial charge in [-0.1, -0.05) is 13.8 Å². The number of hydrogen-bond donors (Lipinski definition) is 0. The van der Waals surface area contributed by atoms with Gasteiger partial charge in [0.25, 0.3) is 0 Å². The molecule has 2 atom stereocenters. The fourth-order valence-electron chi connectivity index (χ4n) is 2.73. The molecule has 0 spiro atoms. The summed E-state index contributed by atoms with van der Waals surface area (Å²) < 4.78 is 0. The highest BCUT2D eigenvalue weighted by molar-refractivity contribution is 5.93. The molecular formula is C13H20O3. The SMILES string of the molecule is CC(=O)CC1CC(C)(C)C(CC(C)=O)C1=O. The first-order valence-electron chi connectivity index (χ1n) is 5.76. The second-order valence-corrected chi connectivity index (χ2v) is 5.66. The third-order valence-corrected chi connectivity index (χ3v) is 3.49. The number of ketones is 3. The Morgan fingerprint density at radius 1 is 1.19 bits per heavy atom. The molecule has 0 aromatic carbocycles. The molecule has 3 nitrogen and oxygen atoms in total. The largest absolute Gasteiger partial charge is 0.300 e. The van der Waals surface area contributed by atoms with Gasteiger partial charge >= 0.3 is 0 Å². The molecule has 3 heteroatoms. The second kappa shape index (κ2) is 4.48. The van der Waals surface area contributed by atoms with Gasteiger partial charge in [0.15, 0.2) is 0 Å². The van der Waals surface area contributed by atoms with E-state index in [0.717, 1.165) is 6.42 Å². The van der Waals surface area contributed by atoms with E-state index in [9.17, 15) is 14.4 Å². The quantitative estimate of drug-likeness (QED) is 0.735. The minimum absolute atomic E-state index is 0.0508. The average Bonchev–Trinajstić information content (AvgIpc) is 2.27. The topological polar surface area (TPSA) is 51.2 Å². The molecule has 0 saturated heterocycles. The molecule has 0 heterocycles. The average molecular weight is 224 g/mol. The lowest BCUT2D eigenvalue weighted by atomic mass is 9.79. The number of carbonyl (C=O) groups is 3. The molecule has 0 aromatic rings. The Labute approximate surface area is 96.6 Å². The maximum Gasteiger partial charge on any atom is 0.140 e. The maximum atomic E-state index is 12.1. The zero-order chi connectivity index (χ0) is 12.5. The fourth-order valence-corrected chi connectivity index (χ4v) is 2.73. The zero-order valence-electron chi connectivity index (χ0n) is 10.5. The molecule has 0 aliphatic heterocycles. The van der Waals surface area contributed by atoms with Crippen LogP contribution in [-0.2, 0) is 14.4 Å². The summed E-state index contributed by atoms with van der Waals surface area (Å²) in [5, 5.41) is 0. The first-order valence-corrected chi connectivity index (χ1v) is 5.76. The van der Waals surface area contributed by atoms with E-state index in [1.807, 2.05) is 13.8 Å². The molecule has 1 fully saturated rings. The van der Waals surface area contributed by atoms with Gasteiger partial charge < -0.3 is 9.59 Å². The smallest absolute Gasteiger partial charge is 0.140 e. The van der Waals surface area contributed by atoms with Crippen LogP contribution in [0.4, 0.5) is 0 Å². The summed E-state index contributed by atoms with van der Waals surface area (Å²) in [7, 11) is 0. The minimum Gasteiger partial charge on any atom is -0.300 e. The molecular weight excluding hydrogens is 204 g/mol. The predicted molar refractivity (Wildman–Crippen MR) is 61.0 cm³/mol. The Morgan fingerprint density at radius 2 is 1.69 bits per heavy atom. The molecule has 0 aromatic heterocycles. The van der Waals surface area contributed by atoms with Crippen molar-refractivity contribution in [3.8, 4) is 0 Å². The molecule has 1 aliphatic rings. The van der Waals surface area contributed by atoms with Crippen LogP contribution >= 0.6 is 0 Å². The first kappa shape index (κ1) is 13.1. The van der Waals surface area contributed by atoms with Crippen molar-refractivity contribution in [2.75, 3.05) is 0 Å². The van der Waals surface area contributed by atoms with Crippen LogP contribution in [-0.4, -0.2) is 17.3 Å². The van der Waals surface area contributed by atoms with Crippen molar-refractivity contribution in [1.82, 2.24) is 0 Å². The minimum atomic E-state index is -0.200. The van der Waals surface area contributed by atoms with Gasteiger partial charge in [0.05, 0.1) is 0 Å². The highest BCUT2D eigenvalue weighted by atomic mass is 16.1. The highest BCUT2D eigenvalue weighted by Gasteiger charge is 2.47. The lowest BCUT2D eigenvalue weighted by Crippen LogP contribution is -2.25. The van der Waals surface area contributed by atoms with Crippen molar-refractivity contribution >= 4 is 17.3 Å². The molecule has 1 aliphatic carbocycles. The van der Waals surface area contributed by atoms with Crippen molar-refractivity contribution in [2.24, 2.45) is 17.3 Å². The second-order valence-electron chi connectivity index (χ2n) is 5.66. The molecule has 16 heavy (non-hydrogen) atoms. The molecule has 0 radical (unpaired) electrons. The summed E-state index contributed by atoms with van der Waals surface area (Å²) in [5.74, 6) is -0.158. The summed E-state index contributed by atoms with van der Waals surface area (Å²) in [6.07, 6.45) is 1.38. The Balaban J connectivity index is 2.81. The Kier molecular flexibility index (Phi) is 3.66. The van der Waals surface area contributed by atoms with E-state index in [0.29, 0.717) is 12.8 Å². The monoisotopic (exact) mass is 224 g/mol. The molecule has 1 rings (SSSR count). The highest BCUT2D eigenvalue weighted by Crippen LogP contribution is 2.46. The van der Waals surface area contributed by atoms with Crippen LogP contribution in [0.25, 0.3) is 0 Å². The van der Waals surface area contributed by atoms with Crippen LogP contribution < -0.4 is 0 Å². The lowest BCUT2D eigenvalue weighted by Gasteiger charge is -2.24. The zero-order valence-corrected chi connectivity index (χ0v) is 10.5. The van der Waals surface area contributed by atoms with Gasteiger partial charge in [-0.15, -0.1) is 0 Å². The van der Waals surface area contributed by atoms with Crippen LogP contribution in [0, 0.1) is 17.3 Å². The summed E-state index contributed by atoms with van der Waals surface area (Å²) in [4.78, 5) is 34.3. The summed E-state index contributed by atoms with van der Waals surface area (Å²) in [6, 6.07) is 0. The number of Topliss-reactive ketones (excluding diaryl/α,β-unsaturated/α-hetero) is 3. The number of rotatable bonds is 4. The number of hydrogen-bond acceptors (Lipinski definition) is 3.